The van der Waals surface area contributed by atoms with Gasteiger partial charge in [0.05, 0.1) is 6.42 Å². The molecule has 1 unspecified atom stereocenters. The molecule has 2 aromatic carbocycles. The van der Waals surface area contributed by atoms with Crippen LogP contribution in [-0.4, -0.2) is 22.5 Å². The van der Waals surface area contributed by atoms with E-state index >= 15 is 0 Å². The number of carbonyl (C=O) groups is 1. The van der Waals surface area contributed by atoms with Crippen molar-refractivity contribution < 1.29 is 9.90 Å². The lowest BCUT2D eigenvalue weighted by atomic mass is 10.00. The second kappa shape index (κ2) is 12.3. The molecule has 27 heavy (non-hydrogen) atoms. The largest absolute Gasteiger partial charge is 0.481 e. The minimum Gasteiger partial charge on any atom is -0.481 e. The summed E-state index contributed by atoms with van der Waals surface area (Å²) in [5.74, 6) is -0.745. The average molecular weight is 368 g/mol. The van der Waals surface area contributed by atoms with Crippen LogP contribution < -0.4 is 0 Å². The molecule has 0 aliphatic heterocycles. The molecule has 0 radical (unpaired) electrons. The smallest absolute Gasteiger partial charge is 0.305 e. The van der Waals surface area contributed by atoms with Gasteiger partial charge in [0.1, 0.15) is 0 Å². The molecule has 0 aliphatic rings. The van der Waals surface area contributed by atoms with Gasteiger partial charge in [-0.25, -0.2) is 0 Å². The van der Waals surface area contributed by atoms with Gasteiger partial charge in [-0.3, -0.25) is 9.69 Å². The van der Waals surface area contributed by atoms with Crippen LogP contribution in [0.5, 0.6) is 0 Å². The number of benzene rings is 2. The van der Waals surface area contributed by atoms with Gasteiger partial charge in [0.15, 0.2) is 0 Å². The molecule has 0 aromatic heterocycles. The van der Waals surface area contributed by atoms with Crippen LogP contribution in [-0.2, 0) is 11.3 Å². The molecule has 0 saturated heterocycles. The highest BCUT2D eigenvalue weighted by atomic mass is 16.4. The molecule has 3 nitrogen and oxygen atoms in total. The van der Waals surface area contributed by atoms with Gasteiger partial charge in [-0.05, 0) is 24.1 Å². The van der Waals surface area contributed by atoms with Crippen LogP contribution in [0.4, 0.5) is 0 Å². The number of hydrogen-bond acceptors (Lipinski definition) is 2. The minimum atomic E-state index is -0.745. The van der Waals surface area contributed by atoms with Crippen molar-refractivity contribution in [2.75, 3.05) is 6.54 Å². The maximum absolute atomic E-state index is 11.6. The molecule has 0 amide bonds. The lowest BCUT2D eigenvalue weighted by Gasteiger charge is -2.31. The normalized spacial score (nSPS) is 12.2. The van der Waals surface area contributed by atoms with Gasteiger partial charge in [-0.15, -0.1) is 0 Å². The second-order valence-corrected chi connectivity index (χ2v) is 7.25. The first kappa shape index (κ1) is 21.2. The Kier molecular flexibility index (Phi) is 9.64. The molecule has 2 aromatic rings. The van der Waals surface area contributed by atoms with Crippen molar-refractivity contribution in [3.05, 3.63) is 71.8 Å². The molecule has 2 rings (SSSR count). The predicted octanol–water partition coefficient (Wildman–Crippen LogP) is 6.07. The summed E-state index contributed by atoms with van der Waals surface area (Å²) in [5, 5.41) is 9.50. The molecule has 146 valence electrons. The number of unbranched alkanes of at least 4 members (excludes halogenated alkanes) is 5. The molecule has 0 saturated carbocycles. The van der Waals surface area contributed by atoms with E-state index in [0.717, 1.165) is 25.1 Å². The third kappa shape index (κ3) is 7.96. The van der Waals surface area contributed by atoms with Crippen LogP contribution in [0.3, 0.4) is 0 Å². The molecule has 0 aliphatic carbocycles. The Hall–Kier alpha value is -2.13. The highest BCUT2D eigenvalue weighted by Gasteiger charge is 2.23. The van der Waals surface area contributed by atoms with Gasteiger partial charge < -0.3 is 5.11 Å². The van der Waals surface area contributed by atoms with Crippen molar-refractivity contribution in [3.63, 3.8) is 0 Å². The van der Waals surface area contributed by atoms with E-state index in [9.17, 15) is 9.90 Å². The van der Waals surface area contributed by atoms with Crippen LogP contribution in [0, 0.1) is 0 Å². The zero-order valence-electron chi connectivity index (χ0n) is 16.5. The van der Waals surface area contributed by atoms with Crippen LogP contribution in [0.15, 0.2) is 60.7 Å². The number of carboxylic acid groups (broad SMARTS) is 1. The lowest BCUT2D eigenvalue weighted by Crippen LogP contribution is -2.31. The van der Waals surface area contributed by atoms with E-state index in [0.29, 0.717) is 0 Å². The van der Waals surface area contributed by atoms with Crippen molar-refractivity contribution in [3.8, 4) is 0 Å². The Labute approximate surface area is 164 Å². The van der Waals surface area contributed by atoms with Crippen molar-refractivity contribution >= 4 is 5.97 Å². The molecular formula is C24H33NO2. The zero-order valence-corrected chi connectivity index (χ0v) is 16.5. The van der Waals surface area contributed by atoms with Crippen LogP contribution in [0.25, 0.3) is 0 Å². The van der Waals surface area contributed by atoms with Crippen molar-refractivity contribution in [2.24, 2.45) is 0 Å². The molecule has 0 heterocycles. The number of carboxylic acids is 1. The van der Waals surface area contributed by atoms with E-state index in [-0.39, 0.29) is 12.5 Å². The highest BCUT2D eigenvalue weighted by Crippen LogP contribution is 2.27. The molecule has 1 N–H and O–H groups in total. The summed E-state index contributed by atoms with van der Waals surface area (Å²) in [6, 6.07) is 20.3. The fourth-order valence-electron chi connectivity index (χ4n) is 3.56. The van der Waals surface area contributed by atoms with Gasteiger partial charge in [0.2, 0.25) is 0 Å². The molecule has 0 fully saturated rings. The second-order valence-electron chi connectivity index (χ2n) is 7.25. The molecule has 0 bridgehead atoms. The number of aliphatic carboxylic acids is 1. The number of hydrogen-bond donors (Lipinski definition) is 1. The van der Waals surface area contributed by atoms with Crippen molar-refractivity contribution in [1.82, 2.24) is 4.90 Å². The molecular weight excluding hydrogens is 334 g/mol. The van der Waals surface area contributed by atoms with Crippen molar-refractivity contribution in [2.45, 2.75) is 64.5 Å². The van der Waals surface area contributed by atoms with Gasteiger partial charge in [-0.2, -0.15) is 0 Å². The van der Waals surface area contributed by atoms with E-state index in [1.165, 1.54) is 37.7 Å². The number of nitrogens with zero attached hydrogens (tertiary/aromatic N) is 1. The Morgan fingerprint density at radius 2 is 1.48 bits per heavy atom. The first-order chi connectivity index (χ1) is 13.2. The maximum Gasteiger partial charge on any atom is 0.305 e. The first-order valence-corrected chi connectivity index (χ1v) is 10.3. The summed E-state index contributed by atoms with van der Waals surface area (Å²) >= 11 is 0. The third-order valence-corrected chi connectivity index (χ3v) is 5.02. The van der Waals surface area contributed by atoms with Crippen LogP contribution in [0.2, 0.25) is 0 Å². The lowest BCUT2D eigenvalue weighted by molar-refractivity contribution is -0.138. The fraction of sp³-hybridized carbons (Fsp3) is 0.458. The number of rotatable bonds is 13. The SMILES string of the molecule is CCCCCCCCN(Cc1ccccc1)C(CC(=O)O)c1ccccc1. The third-order valence-electron chi connectivity index (χ3n) is 5.02. The van der Waals surface area contributed by atoms with E-state index in [4.69, 9.17) is 0 Å². The Morgan fingerprint density at radius 3 is 2.11 bits per heavy atom. The fourth-order valence-corrected chi connectivity index (χ4v) is 3.56. The van der Waals surface area contributed by atoms with Gasteiger partial charge in [-0.1, -0.05) is 99.7 Å². The summed E-state index contributed by atoms with van der Waals surface area (Å²) < 4.78 is 0. The highest BCUT2D eigenvalue weighted by molar-refractivity contribution is 5.68. The van der Waals surface area contributed by atoms with Gasteiger partial charge >= 0.3 is 5.97 Å². The van der Waals surface area contributed by atoms with E-state index < -0.39 is 5.97 Å². The van der Waals surface area contributed by atoms with E-state index in [1.807, 2.05) is 48.5 Å². The Morgan fingerprint density at radius 1 is 0.889 bits per heavy atom. The minimum absolute atomic E-state index is 0.0976. The Bertz CT molecular complexity index is 642. The van der Waals surface area contributed by atoms with Crippen LogP contribution >= 0.6 is 0 Å². The topological polar surface area (TPSA) is 40.5 Å². The summed E-state index contributed by atoms with van der Waals surface area (Å²) in [7, 11) is 0. The zero-order chi connectivity index (χ0) is 19.3. The van der Waals surface area contributed by atoms with E-state index in [2.05, 4.69) is 24.0 Å². The predicted molar refractivity (Wildman–Crippen MR) is 112 cm³/mol. The summed E-state index contributed by atoms with van der Waals surface area (Å²) in [5.41, 5.74) is 2.32. The van der Waals surface area contributed by atoms with Gasteiger partial charge in [0, 0.05) is 12.6 Å². The monoisotopic (exact) mass is 367 g/mol. The maximum atomic E-state index is 11.6. The summed E-state index contributed by atoms with van der Waals surface area (Å²) in [6.07, 6.45) is 7.58. The molecule has 1 atom stereocenters. The van der Waals surface area contributed by atoms with Crippen LogP contribution in [0.1, 0.15) is 69.0 Å². The quantitative estimate of drug-likeness (QED) is 0.437. The molecule has 0 spiro atoms. The standard InChI is InChI=1S/C24H33NO2/c1-2-3-4-5-6-13-18-25(20-21-14-9-7-10-15-21)23(19-24(26)27)22-16-11-8-12-17-22/h7-12,14-17,23H,2-6,13,18-20H2,1H3,(H,26,27). The first-order valence-electron chi connectivity index (χ1n) is 10.3. The summed E-state index contributed by atoms with van der Waals surface area (Å²) in [6.45, 7) is 3.94. The molecule has 3 heteroatoms. The average Bonchev–Trinajstić information content (AvgIpc) is 2.69. The Balaban J connectivity index is 2.10. The summed E-state index contributed by atoms with van der Waals surface area (Å²) in [4.78, 5) is 13.9. The van der Waals surface area contributed by atoms with E-state index in [1.54, 1.807) is 0 Å². The van der Waals surface area contributed by atoms with Crippen molar-refractivity contribution in [1.29, 1.82) is 0 Å². The van der Waals surface area contributed by atoms with Gasteiger partial charge in [0.25, 0.3) is 0 Å².